The molecule has 0 saturated carbocycles. The van der Waals surface area contributed by atoms with Gasteiger partial charge in [0.1, 0.15) is 0 Å². The van der Waals surface area contributed by atoms with E-state index in [1.807, 2.05) is 0 Å². The van der Waals surface area contributed by atoms with Gasteiger partial charge in [-0.15, -0.1) is 0 Å². The third-order valence-electron chi connectivity index (χ3n) is 2.70. The van der Waals surface area contributed by atoms with Crippen molar-refractivity contribution in [2.45, 2.75) is 11.8 Å². The number of esters is 1. The number of aromatic nitrogens is 1. The lowest BCUT2D eigenvalue weighted by Crippen LogP contribution is -2.16. The van der Waals surface area contributed by atoms with Gasteiger partial charge >= 0.3 is 5.97 Å². The summed E-state index contributed by atoms with van der Waals surface area (Å²) in [5.74, 6) is -0.695. The van der Waals surface area contributed by atoms with Crippen LogP contribution < -0.4 is 4.72 Å². The number of rotatable bonds is 4. The average Bonchev–Trinajstić information content (AvgIpc) is 2.88. The van der Waals surface area contributed by atoms with Gasteiger partial charge in [-0.3, -0.25) is 4.72 Å². The molecule has 0 aliphatic heterocycles. The molecule has 21 heavy (non-hydrogen) atoms. The second-order valence-electron chi connectivity index (χ2n) is 4.04. The first kappa shape index (κ1) is 15.9. The van der Waals surface area contributed by atoms with Crippen LogP contribution in [-0.4, -0.2) is 25.9 Å². The van der Waals surface area contributed by atoms with E-state index in [0.717, 1.165) is 11.5 Å². The second-order valence-corrected chi connectivity index (χ2v) is 7.17. The first-order valence-electron chi connectivity index (χ1n) is 5.67. The van der Waals surface area contributed by atoms with E-state index >= 15 is 0 Å². The first-order chi connectivity index (χ1) is 9.86. The molecule has 0 aliphatic rings. The molecule has 9 heteroatoms. The molecule has 1 aromatic heterocycles. The number of nitrogens with zero attached hydrogens (tertiary/aromatic N) is 1. The molecule has 2 rings (SSSR count). The first-order valence-corrected chi connectivity index (χ1v) is 8.78. The number of methoxy groups -OCH3 is 1. The van der Waals surface area contributed by atoms with Crippen LogP contribution in [0.5, 0.6) is 0 Å². The van der Waals surface area contributed by atoms with Crippen LogP contribution in [0.1, 0.15) is 16.1 Å². The quantitative estimate of drug-likeness (QED) is 0.811. The number of sulfonamides is 1. The van der Waals surface area contributed by atoms with E-state index in [2.05, 4.69) is 29.8 Å². The van der Waals surface area contributed by atoms with Crippen molar-refractivity contribution in [3.8, 4) is 0 Å². The smallest absolute Gasteiger partial charge is 0.359 e. The standard InChI is InChI=1S/C12H11BrN2O4S2/c1-7-8(13)4-3-5-10(7)21(17,18)15-9-6-20-14-11(9)12(16)19-2/h3-6,15H,1-2H3. The van der Waals surface area contributed by atoms with Gasteiger partial charge in [0.25, 0.3) is 10.0 Å². The van der Waals surface area contributed by atoms with Gasteiger partial charge in [-0.05, 0) is 36.2 Å². The van der Waals surface area contributed by atoms with Crippen LogP contribution in [0, 0.1) is 6.92 Å². The fourth-order valence-electron chi connectivity index (χ4n) is 1.63. The fraction of sp³-hybridized carbons (Fsp3) is 0.167. The van der Waals surface area contributed by atoms with Crippen molar-refractivity contribution in [2.24, 2.45) is 0 Å². The van der Waals surface area contributed by atoms with Gasteiger partial charge in [-0.25, -0.2) is 13.2 Å². The van der Waals surface area contributed by atoms with Crippen molar-refractivity contribution in [1.29, 1.82) is 0 Å². The van der Waals surface area contributed by atoms with E-state index in [1.165, 1.54) is 18.6 Å². The fourth-order valence-corrected chi connectivity index (χ4v) is 4.14. The SMILES string of the molecule is COC(=O)c1nscc1NS(=O)(=O)c1cccc(Br)c1C. The highest BCUT2D eigenvalue weighted by molar-refractivity contribution is 9.10. The monoisotopic (exact) mass is 390 g/mol. The molecule has 0 radical (unpaired) electrons. The second kappa shape index (κ2) is 6.12. The topological polar surface area (TPSA) is 85.4 Å². The maximum atomic E-state index is 12.4. The summed E-state index contributed by atoms with van der Waals surface area (Å²) in [6.45, 7) is 1.69. The number of anilines is 1. The maximum Gasteiger partial charge on any atom is 0.359 e. The highest BCUT2D eigenvalue weighted by atomic mass is 79.9. The van der Waals surface area contributed by atoms with Gasteiger partial charge in [0.15, 0.2) is 5.69 Å². The van der Waals surface area contributed by atoms with Crippen LogP contribution in [0.3, 0.4) is 0 Å². The van der Waals surface area contributed by atoms with Gasteiger partial charge in [0.05, 0.1) is 17.7 Å². The molecule has 0 fully saturated rings. The Bertz CT molecular complexity index is 786. The third-order valence-corrected chi connectivity index (χ3v) is 5.70. The third kappa shape index (κ3) is 3.25. The minimum absolute atomic E-state index is 0.0567. The van der Waals surface area contributed by atoms with Gasteiger partial charge in [-0.1, -0.05) is 22.0 Å². The van der Waals surface area contributed by atoms with E-state index in [-0.39, 0.29) is 16.3 Å². The Labute approximate surface area is 134 Å². The Morgan fingerprint density at radius 3 is 2.81 bits per heavy atom. The zero-order chi connectivity index (χ0) is 15.6. The predicted molar refractivity (Wildman–Crippen MR) is 83.1 cm³/mol. The van der Waals surface area contributed by atoms with E-state index in [4.69, 9.17) is 0 Å². The van der Waals surface area contributed by atoms with Gasteiger partial charge < -0.3 is 4.74 Å². The van der Waals surface area contributed by atoms with Crippen LogP contribution in [0.2, 0.25) is 0 Å². The summed E-state index contributed by atoms with van der Waals surface area (Å²) in [5.41, 5.74) is 0.623. The number of halogens is 1. The lowest BCUT2D eigenvalue weighted by molar-refractivity contribution is 0.0597. The molecule has 0 bridgehead atoms. The molecular weight excluding hydrogens is 380 g/mol. The molecule has 0 aliphatic carbocycles. The zero-order valence-corrected chi connectivity index (χ0v) is 14.3. The molecule has 0 unspecified atom stereocenters. The normalized spacial score (nSPS) is 11.2. The predicted octanol–water partition coefficient (Wildman–Crippen LogP) is 2.80. The van der Waals surface area contributed by atoms with Crippen LogP contribution in [0.4, 0.5) is 5.69 Å². The van der Waals surface area contributed by atoms with E-state index in [1.54, 1.807) is 19.1 Å². The lowest BCUT2D eigenvalue weighted by Gasteiger charge is -2.10. The van der Waals surface area contributed by atoms with Crippen LogP contribution in [-0.2, 0) is 14.8 Å². The Kier molecular flexibility index (Phi) is 4.64. The van der Waals surface area contributed by atoms with Crippen molar-refractivity contribution in [2.75, 3.05) is 11.8 Å². The largest absolute Gasteiger partial charge is 0.464 e. The number of benzene rings is 1. The summed E-state index contributed by atoms with van der Waals surface area (Å²) in [4.78, 5) is 11.6. The summed E-state index contributed by atoms with van der Waals surface area (Å²) in [5, 5.41) is 1.44. The molecule has 0 amide bonds. The Morgan fingerprint density at radius 1 is 1.43 bits per heavy atom. The van der Waals surface area contributed by atoms with E-state index in [0.29, 0.717) is 10.0 Å². The average molecular weight is 391 g/mol. The van der Waals surface area contributed by atoms with Gasteiger partial charge in [0.2, 0.25) is 0 Å². The molecule has 1 heterocycles. The van der Waals surface area contributed by atoms with Gasteiger partial charge in [0, 0.05) is 9.85 Å². The molecule has 1 N–H and O–H groups in total. The summed E-state index contributed by atoms with van der Waals surface area (Å²) in [6.07, 6.45) is 0. The van der Waals surface area contributed by atoms with Gasteiger partial charge in [-0.2, -0.15) is 4.37 Å². The number of ether oxygens (including phenoxy) is 1. The molecule has 2 aromatic rings. The number of carbonyl (C=O) groups excluding carboxylic acids is 1. The van der Waals surface area contributed by atoms with Crippen molar-refractivity contribution in [3.05, 3.63) is 39.3 Å². The number of hydrogen-bond acceptors (Lipinski definition) is 6. The lowest BCUT2D eigenvalue weighted by atomic mass is 10.2. The minimum Gasteiger partial charge on any atom is -0.464 e. The Morgan fingerprint density at radius 2 is 2.14 bits per heavy atom. The Hall–Kier alpha value is -1.45. The van der Waals surface area contributed by atoms with Crippen molar-refractivity contribution in [3.63, 3.8) is 0 Å². The molecule has 112 valence electrons. The molecule has 0 spiro atoms. The van der Waals surface area contributed by atoms with Crippen molar-refractivity contribution < 1.29 is 17.9 Å². The maximum absolute atomic E-state index is 12.4. The van der Waals surface area contributed by atoms with E-state index < -0.39 is 16.0 Å². The molecule has 6 nitrogen and oxygen atoms in total. The summed E-state index contributed by atoms with van der Waals surface area (Å²) >= 11 is 4.25. The number of carbonyl (C=O) groups is 1. The molecule has 0 saturated heterocycles. The highest BCUT2D eigenvalue weighted by Gasteiger charge is 2.23. The minimum atomic E-state index is -3.82. The van der Waals surface area contributed by atoms with Crippen molar-refractivity contribution in [1.82, 2.24) is 4.37 Å². The zero-order valence-electron chi connectivity index (χ0n) is 11.1. The number of hydrogen-bond donors (Lipinski definition) is 1. The summed E-state index contributed by atoms with van der Waals surface area (Å²) in [7, 11) is -2.61. The molecule has 0 atom stereocenters. The molecular formula is C12H11BrN2O4S2. The number of nitrogens with one attached hydrogen (secondary N) is 1. The summed E-state index contributed by atoms with van der Waals surface area (Å²) in [6, 6.07) is 4.86. The Balaban J connectivity index is 2.41. The van der Waals surface area contributed by atoms with Crippen LogP contribution in [0.15, 0.2) is 32.9 Å². The summed E-state index contributed by atoms with van der Waals surface area (Å²) < 4.78 is 36.3. The van der Waals surface area contributed by atoms with Crippen LogP contribution >= 0.6 is 27.5 Å². The molecule has 1 aromatic carbocycles. The van der Waals surface area contributed by atoms with Crippen LogP contribution in [0.25, 0.3) is 0 Å². The highest BCUT2D eigenvalue weighted by Crippen LogP contribution is 2.27. The van der Waals surface area contributed by atoms with E-state index in [9.17, 15) is 13.2 Å². The van der Waals surface area contributed by atoms with Crippen molar-refractivity contribution >= 4 is 49.1 Å².